The number of thiophene rings is 1. The second-order valence-corrected chi connectivity index (χ2v) is 8.97. The molecule has 9 heteroatoms. The van der Waals surface area contributed by atoms with Crippen molar-refractivity contribution in [3.63, 3.8) is 0 Å². The molecular weight excluding hydrogens is 437 g/mol. The average Bonchev–Trinajstić information content (AvgIpc) is 3.25. The summed E-state index contributed by atoms with van der Waals surface area (Å²) in [6.07, 6.45) is 0.853. The second-order valence-electron chi connectivity index (χ2n) is 6.25. The summed E-state index contributed by atoms with van der Waals surface area (Å²) in [6.45, 7) is 4.01. The lowest BCUT2D eigenvalue weighted by Crippen LogP contribution is -2.32. The largest absolute Gasteiger partial charge is 0.492 e. The maximum Gasteiger partial charge on any atom is 0.270 e. The third kappa shape index (κ3) is 5.36. The number of amides is 1. The third-order valence-corrected chi connectivity index (χ3v) is 6.18. The van der Waals surface area contributed by atoms with E-state index >= 15 is 0 Å². The van der Waals surface area contributed by atoms with Crippen LogP contribution in [-0.4, -0.2) is 49.6 Å². The molecule has 28 heavy (non-hydrogen) atoms. The van der Waals surface area contributed by atoms with Gasteiger partial charge >= 0.3 is 0 Å². The van der Waals surface area contributed by atoms with Crippen LogP contribution in [0.15, 0.2) is 30.3 Å². The Kier molecular flexibility index (Phi) is 8.52. The molecule has 0 unspecified atom stereocenters. The van der Waals surface area contributed by atoms with Crippen molar-refractivity contribution >= 4 is 67.9 Å². The molecule has 0 radical (unpaired) electrons. The first kappa shape index (κ1) is 22.9. The van der Waals surface area contributed by atoms with Gasteiger partial charge in [-0.3, -0.25) is 9.69 Å². The Bertz CT molecular complexity index is 927. The molecule has 0 spiro atoms. The third-order valence-electron chi connectivity index (χ3n) is 3.92. The van der Waals surface area contributed by atoms with E-state index in [2.05, 4.69) is 4.90 Å². The first-order chi connectivity index (χ1) is 13.0. The first-order valence-electron chi connectivity index (χ1n) is 8.74. The highest BCUT2D eigenvalue weighted by Crippen LogP contribution is 2.35. The molecule has 0 N–H and O–H groups in total. The van der Waals surface area contributed by atoms with Crippen molar-refractivity contribution in [3.8, 4) is 5.75 Å². The second kappa shape index (κ2) is 10.4. The van der Waals surface area contributed by atoms with E-state index in [0.29, 0.717) is 27.5 Å². The van der Waals surface area contributed by atoms with Gasteiger partial charge in [0, 0.05) is 6.54 Å². The summed E-state index contributed by atoms with van der Waals surface area (Å²) in [5.74, 6) is 0.681. The number of anilines is 1. The topological polar surface area (TPSA) is 45.7 Å². The van der Waals surface area contributed by atoms with Crippen molar-refractivity contribution in [2.45, 2.75) is 13.3 Å². The molecule has 0 atom stereocenters. The number of para-hydroxylation sites is 1. The van der Waals surface area contributed by atoms with E-state index in [4.69, 9.17) is 21.3 Å². The molecule has 1 aromatic carbocycles. The minimum atomic E-state index is -0.0670. The molecule has 1 amide bonds. The van der Waals surface area contributed by atoms with E-state index < -0.39 is 0 Å². The number of fused-ring (bicyclic) bond motifs is 1. The number of hydrogen-bond acceptors (Lipinski definition) is 6. The van der Waals surface area contributed by atoms with E-state index in [1.807, 2.05) is 39.2 Å². The Hall–Kier alpha value is -1.38. The van der Waals surface area contributed by atoms with E-state index in [0.717, 1.165) is 28.9 Å². The normalized spacial score (nSPS) is 10.9. The van der Waals surface area contributed by atoms with Gasteiger partial charge in [0.1, 0.15) is 11.3 Å². The number of rotatable bonds is 8. The van der Waals surface area contributed by atoms with Gasteiger partial charge in [-0.25, -0.2) is 4.98 Å². The minimum Gasteiger partial charge on any atom is -0.492 e. The fraction of sp³-hybridized carbons (Fsp3) is 0.368. The maximum absolute atomic E-state index is 13.1. The number of carbonyl (C=O) groups excluding carboxylic acids is 1. The van der Waals surface area contributed by atoms with E-state index in [9.17, 15) is 4.79 Å². The number of thiazole rings is 1. The van der Waals surface area contributed by atoms with Gasteiger partial charge in [-0.2, -0.15) is 0 Å². The lowest BCUT2D eigenvalue weighted by atomic mass is 10.3. The summed E-state index contributed by atoms with van der Waals surface area (Å²) in [7, 11) is 4.05. The van der Waals surface area contributed by atoms with Gasteiger partial charge in [0.05, 0.1) is 20.5 Å². The van der Waals surface area contributed by atoms with E-state index in [-0.39, 0.29) is 18.3 Å². The lowest BCUT2D eigenvalue weighted by Gasteiger charge is -2.20. The summed E-state index contributed by atoms with van der Waals surface area (Å²) in [4.78, 5) is 22.3. The Balaban J connectivity index is 0.00000280. The van der Waals surface area contributed by atoms with Crippen LogP contribution in [-0.2, 0) is 0 Å². The molecule has 0 aliphatic carbocycles. The van der Waals surface area contributed by atoms with Crippen LogP contribution in [0.25, 0.3) is 10.2 Å². The quantitative estimate of drug-likeness (QED) is 0.450. The number of aromatic nitrogens is 1. The van der Waals surface area contributed by atoms with Crippen molar-refractivity contribution in [2.75, 3.05) is 38.7 Å². The smallest absolute Gasteiger partial charge is 0.270 e. The number of hydrogen-bond donors (Lipinski definition) is 0. The molecule has 0 saturated carbocycles. The van der Waals surface area contributed by atoms with E-state index in [1.165, 1.54) is 22.7 Å². The van der Waals surface area contributed by atoms with Gasteiger partial charge in [-0.15, -0.1) is 23.7 Å². The van der Waals surface area contributed by atoms with Gasteiger partial charge < -0.3 is 9.64 Å². The first-order valence-corrected chi connectivity index (χ1v) is 10.7. The summed E-state index contributed by atoms with van der Waals surface area (Å²) < 4.78 is 7.30. The van der Waals surface area contributed by atoms with Crippen molar-refractivity contribution in [1.82, 2.24) is 9.88 Å². The van der Waals surface area contributed by atoms with Crippen LogP contribution in [0.1, 0.15) is 23.0 Å². The Labute approximate surface area is 184 Å². The van der Waals surface area contributed by atoms with E-state index in [1.54, 1.807) is 17.0 Å². The Morgan fingerprint density at radius 3 is 2.61 bits per heavy atom. The fourth-order valence-electron chi connectivity index (χ4n) is 2.69. The monoisotopic (exact) mass is 459 g/mol. The van der Waals surface area contributed by atoms with Gasteiger partial charge in [0.2, 0.25) is 0 Å². The van der Waals surface area contributed by atoms with Gasteiger partial charge in [-0.1, -0.05) is 29.0 Å². The molecular formula is C19H23Cl2N3O2S2. The number of halogens is 2. The summed E-state index contributed by atoms with van der Waals surface area (Å²) in [6, 6.07) is 9.39. The molecule has 3 aromatic rings. The highest BCUT2D eigenvalue weighted by Gasteiger charge is 2.23. The molecule has 0 saturated heterocycles. The SMILES string of the molecule is CCOc1cccc2sc(N(CCCN(C)C)C(=O)c3ccc(Cl)s3)nc12.Cl. The zero-order valence-corrected chi connectivity index (χ0v) is 19.2. The summed E-state index contributed by atoms with van der Waals surface area (Å²) in [5, 5.41) is 0.686. The fourth-order valence-corrected chi connectivity index (χ4v) is 4.69. The van der Waals surface area contributed by atoms with Crippen LogP contribution in [0.4, 0.5) is 5.13 Å². The van der Waals surface area contributed by atoms with Crippen molar-refractivity contribution in [1.29, 1.82) is 0 Å². The van der Waals surface area contributed by atoms with Crippen LogP contribution in [0.2, 0.25) is 4.34 Å². The number of ether oxygens (including phenoxy) is 1. The van der Waals surface area contributed by atoms with Crippen molar-refractivity contribution < 1.29 is 9.53 Å². The molecule has 0 fully saturated rings. The standard InChI is InChI=1S/C19H22ClN3O2S2.ClH/c1-4-25-13-7-5-8-14-17(13)21-19(27-14)23(12-6-11-22(2)3)18(24)15-9-10-16(20)26-15;/h5,7-10H,4,6,11-12H2,1-3H3;1H. The highest BCUT2D eigenvalue weighted by atomic mass is 35.5. The summed E-state index contributed by atoms with van der Waals surface area (Å²) in [5.41, 5.74) is 0.800. The predicted molar refractivity (Wildman–Crippen MR) is 122 cm³/mol. The van der Waals surface area contributed by atoms with Crippen molar-refractivity contribution in [2.24, 2.45) is 0 Å². The van der Waals surface area contributed by atoms with Crippen LogP contribution >= 0.6 is 46.7 Å². The van der Waals surface area contributed by atoms with Crippen LogP contribution in [0.5, 0.6) is 5.75 Å². The highest BCUT2D eigenvalue weighted by molar-refractivity contribution is 7.22. The van der Waals surface area contributed by atoms with Gasteiger partial charge in [0.15, 0.2) is 5.13 Å². The van der Waals surface area contributed by atoms with Crippen LogP contribution in [0.3, 0.4) is 0 Å². The molecule has 2 heterocycles. The minimum absolute atomic E-state index is 0. The molecule has 3 rings (SSSR count). The van der Waals surface area contributed by atoms with Crippen LogP contribution in [0, 0.1) is 0 Å². The lowest BCUT2D eigenvalue weighted by molar-refractivity contribution is 0.0990. The van der Waals surface area contributed by atoms with Crippen LogP contribution < -0.4 is 9.64 Å². The zero-order chi connectivity index (χ0) is 19.4. The number of carbonyl (C=O) groups is 1. The number of nitrogens with zero attached hydrogens (tertiary/aromatic N) is 3. The molecule has 0 aliphatic heterocycles. The van der Waals surface area contributed by atoms with Gasteiger partial charge in [-0.05, 0) is 58.3 Å². The molecule has 0 aliphatic rings. The Morgan fingerprint density at radius 2 is 1.96 bits per heavy atom. The molecule has 0 bridgehead atoms. The zero-order valence-electron chi connectivity index (χ0n) is 16.0. The molecule has 152 valence electrons. The molecule has 2 aromatic heterocycles. The maximum atomic E-state index is 13.1. The Morgan fingerprint density at radius 1 is 1.18 bits per heavy atom. The summed E-state index contributed by atoms with van der Waals surface area (Å²) >= 11 is 8.83. The van der Waals surface area contributed by atoms with Gasteiger partial charge in [0.25, 0.3) is 5.91 Å². The van der Waals surface area contributed by atoms with Crippen molar-refractivity contribution in [3.05, 3.63) is 39.5 Å². The molecule has 5 nitrogen and oxygen atoms in total. The number of benzene rings is 1. The predicted octanol–water partition coefficient (Wildman–Crippen LogP) is 5.43. The average molecular weight is 460 g/mol.